The van der Waals surface area contributed by atoms with E-state index < -0.39 is 6.04 Å². The molecule has 0 saturated carbocycles. The number of likely N-dealkylation sites (tertiary alicyclic amines) is 1. The Bertz CT molecular complexity index is 1170. The third-order valence-corrected chi connectivity index (χ3v) is 7.72. The van der Waals surface area contributed by atoms with Crippen molar-refractivity contribution in [2.24, 2.45) is 11.8 Å². The van der Waals surface area contributed by atoms with E-state index in [-0.39, 0.29) is 55.0 Å². The normalized spacial score (nSPS) is 19.1. The van der Waals surface area contributed by atoms with E-state index in [1.165, 1.54) is 4.90 Å². The molecule has 4 rings (SSSR count). The second-order valence-electron chi connectivity index (χ2n) is 10.6. The minimum absolute atomic E-state index is 0.0241. The minimum atomic E-state index is -0.727. The first-order valence-electron chi connectivity index (χ1n) is 14.1. The largest absolute Gasteiger partial charge is 0.354 e. The number of carbonyl (C=O) groups is 4. The molecule has 7 nitrogen and oxygen atoms in total. The van der Waals surface area contributed by atoms with Gasteiger partial charge in [-0.05, 0) is 37.3 Å². The minimum Gasteiger partial charge on any atom is -0.354 e. The number of fused-ring (bicyclic) bond motifs is 1. The molecular formula is C32H39N3O4. The van der Waals surface area contributed by atoms with Gasteiger partial charge < -0.3 is 10.2 Å². The van der Waals surface area contributed by atoms with Crippen LogP contribution in [0.4, 0.5) is 0 Å². The van der Waals surface area contributed by atoms with Gasteiger partial charge in [0.2, 0.25) is 23.6 Å². The average Bonchev–Trinajstić information content (AvgIpc) is 3.20. The lowest BCUT2D eigenvalue weighted by atomic mass is 9.85. The van der Waals surface area contributed by atoms with Gasteiger partial charge in [-0.15, -0.1) is 0 Å². The molecular weight excluding hydrogens is 490 g/mol. The monoisotopic (exact) mass is 529 g/mol. The molecule has 0 radical (unpaired) electrons. The molecule has 1 aliphatic carbocycles. The van der Waals surface area contributed by atoms with Crippen LogP contribution in [0, 0.1) is 18.8 Å². The van der Waals surface area contributed by atoms with E-state index in [2.05, 4.69) is 12.2 Å². The first-order valence-corrected chi connectivity index (χ1v) is 14.1. The quantitative estimate of drug-likeness (QED) is 0.254. The van der Waals surface area contributed by atoms with E-state index in [0.717, 1.165) is 29.5 Å². The smallest absolute Gasteiger partial charge is 0.243 e. The Kier molecular flexibility index (Phi) is 9.69. The number of hydrogen-bond donors (Lipinski definition) is 1. The van der Waals surface area contributed by atoms with Crippen molar-refractivity contribution in [3.63, 3.8) is 0 Å². The fourth-order valence-electron chi connectivity index (χ4n) is 5.39. The third kappa shape index (κ3) is 7.02. The van der Waals surface area contributed by atoms with Crippen LogP contribution >= 0.6 is 0 Å². The molecule has 4 amide bonds. The fourth-order valence-corrected chi connectivity index (χ4v) is 5.39. The second kappa shape index (κ2) is 13.4. The summed E-state index contributed by atoms with van der Waals surface area (Å²) in [6, 6.07) is 16.9. The van der Waals surface area contributed by atoms with Gasteiger partial charge in [-0.1, -0.05) is 85.7 Å². The van der Waals surface area contributed by atoms with Crippen LogP contribution in [0.25, 0.3) is 0 Å². The van der Waals surface area contributed by atoms with Gasteiger partial charge >= 0.3 is 0 Å². The summed E-state index contributed by atoms with van der Waals surface area (Å²) >= 11 is 0. The molecule has 0 spiro atoms. The number of amides is 4. The Hall–Kier alpha value is -3.74. The van der Waals surface area contributed by atoms with Crippen molar-refractivity contribution in [2.75, 3.05) is 13.1 Å². The highest BCUT2D eigenvalue weighted by Crippen LogP contribution is 2.35. The molecule has 7 heteroatoms. The summed E-state index contributed by atoms with van der Waals surface area (Å²) in [5.41, 5.74) is 2.98. The lowest BCUT2D eigenvalue weighted by Crippen LogP contribution is -2.51. The molecule has 1 N–H and O–H groups in total. The predicted molar refractivity (Wildman–Crippen MR) is 150 cm³/mol. The molecule has 1 heterocycles. The molecule has 2 aromatic rings. The average molecular weight is 530 g/mol. The number of aryl methyl sites for hydroxylation is 1. The Morgan fingerprint density at radius 3 is 2.21 bits per heavy atom. The molecule has 0 bridgehead atoms. The Labute approximate surface area is 231 Å². The van der Waals surface area contributed by atoms with Gasteiger partial charge in [0.25, 0.3) is 0 Å². The molecule has 0 aromatic heterocycles. The number of imide groups is 1. The molecule has 1 unspecified atom stereocenters. The van der Waals surface area contributed by atoms with Crippen LogP contribution in [0.1, 0.15) is 55.7 Å². The number of nitrogens with zero attached hydrogens (tertiary/aromatic N) is 2. The molecule has 39 heavy (non-hydrogen) atoms. The molecule has 2 aromatic carbocycles. The lowest BCUT2D eigenvalue weighted by molar-refractivity contribution is -0.144. The van der Waals surface area contributed by atoms with Crippen LogP contribution in [0.2, 0.25) is 0 Å². The van der Waals surface area contributed by atoms with Gasteiger partial charge in [0, 0.05) is 32.5 Å². The van der Waals surface area contributed by atoms with Gasteiger partial charge in [-0.25, -0.2) is 0 Å². The van der Waals surface area contributed by atoms with E-state index in [9.17, 15) is 19.2 Å². The molecule has 3 atom stereocenters. The number of benzene rings is 2. The maximum absolute atomic E-state index is 13.8. The van der Waals surface area contributed by atoms with Crippen LogP contribution in [0.5, 0.6) is 0 Å². The third-order valence-electron chi connectivity index (χ3n) is 7.72. The molecule has 206 valence electrons. The number of rotatable bonds is 12. The summed E-state index contributed by atoms with van der Waals surface area (Å²) < 4.78 is 0. The molecule has 2 aliphatic rings. The zero-order valence-electron chi connectivity index (χ0n) is 23.0. The highest BCUT2D eigenvalue weighted by molar-refractivity contribution is 6.05. The second-order valence-corrected chi connectivity index (χ2v) is 10.6. The standard InChI is InChI=1S/C32H39N3O4/c1-3-4-19-33-30(37)28(21-24-10-6-5-7-11-24)35(22-25-16-14-23(2)15-17-25)29(36)18-20-34-31(38)26-12-8-9-13-27(26)32(34)39/h5-11,14-17,26-28H,3-4,12-13,18-22H2,1-2H3,(H,33,37)/t26-,27+,28?. The number of hydrogen-bond acceptors (Lipinski definition) is 4. The van der Waals surface area contributed by atoms with Crippen molar-refractivity contribution in [1.29, 1.82) is 0 Å². The van der Waals surface area contributed by atoms with E-state index in [1.54, 1.807) is 4.90 Å². The summed E-state index contributed by atoms with van der Waals surface area (Å²) in [5.74, 6) is -1.47. The number of unbranched alkanes of at least 4 members (excludes halogenated alkanes) is 1. The Balaban J connectivity index is 1.56. The lowest BCUT2D eigenvalue weighted by Gasteiger charge is -2.32. The van der Waals surface area contributed by atoms with E-state index >= 15 is 0 Å². The Morgan fingerprint density at radius 1 is 0.949 bits per heavy atom. The van der Waals surface area contributed by atoms with Gasteiger partial charge in [-0.3, -0.25) is 24.1 Å². The van der Waals surface area contributed by atoms with Gasteiger partial charge in [-0.2, -0.15) is 0 Å². The first kappa shape index (κ1) is 28.3. The first-order chi connectivity index (χ1) is 18.9. The molecule has 1 aliphatic heterocycles. The molecule has 1 fully saturated rings. The zero-order chi connectivity index (χ0) is 27.8. The van der Waals surface area contributed by atoms with E-state index in [4.69, 9.17) is 0 Å². The van der Waals surface area contributed by atoms with Crippen molar-refractivity contribution in [1.82, 2.24) is 15.1 Å². The van der Waals surface area contributed by atoms with Crippen LogP contribution < -0.4 is 5.32 Å². The highest BCUT2D eigenvalue weighted by atomic mass is 16.2. The summed E-state index contributed by atoms with van der Waals surface area (Å²) in [4.78, 5) is 56.2. The predicted octanol–water partition coefficient (Wildman–Crippen LogP) is 4.19. The number of nitrogens with one attached hydrogen (secondary N) is 1. The van der Waals surface area contributed by atoms with Gasteiger partial charge in [0.1, 0.15) is 6.04 Å². The highest BCUT2D eigenvalue weighted by Gasteiger charge is 2.47. The maximum atomic E-state index is 13.8. The number of allylic oxidation sites excluding steroid dienone is 2. The zero-order valence-corrected chi connectivity index (χ0v) is 23.0. The van der Waals surface area contributed by atoms with Crippen molar-refractivity contribution in [2.45, 2.75) is 65.0 Å². The van der Waals surface area contributed by atoms with Crippen molar-refractivity contribution < 1.29 is 19.2 Å². The van der Waals surface area contributed by atoms with Gasteiger partial charge in [0.05, 0.1) is 11.8 Å². The molecule has 1 saturated heterocycles. The summed E-state index contributed by atoms with van der Waals surface area (Å²) in [7, 11) is 0. The number of carbonyl (C=O) groups excluding carboxylic acids is 4. The van der Waals surface area contributed by atoms with Crippen LogP contribution in [-0.2, 0) is 32.1 Å². The van der Waals surface area contributed by atoms with Crippen molar-refractivity contribution in [3.05, 3.63) is 83.4 Å². The SMILES string of the molecule is CCCCNC(=O)C(Cc1ccccc1)N(Cc1ccc(C)cc1)C(=O)CCN1C(=O)[C@H]2CC=CC[C@H]2C1=O. The van der Waals surface area contributed by atoms with Crippen LogP contribution in [-0.4, -0.2) is 52.6 Å². The van der Waals surface area contributed by atoms with Crippen molar-refractivity contribution >= 4 is 23.6 Å². The Morgan fingerprint density at radius 2 is 1.59 bits per heavy atom. The summed E-state index contributed by atoms with van der Waals surface area (Å²) in [5, 5.41) is 3.02. The topological polar surface area (TPSA) is 86.8 Å². The van der Waals surface area contributed by atoms with E-state index in [1.807, 2.05) is 73.7 Å². The summed E-state index contributed by atoms with van der Waals surface area (Å²) in [6.45, 7) is 4.90. The van der Waals surface area contributed by atoms with Gasteiger partial charge in [0.15, 0.2) is 0 Å². The van der Waals surface area contributed by atoms with E-state index in [0.29, 0.717) is 25.8 Å². The van der Waals surface area contributed by atoms with Crippen LogP contribution in [0.3, 0.4) is 0 Å². The van der Waals surface area contributed by atoms with Crippen LogP contribution in [0.15, 0.2) is 66.7 Å². The summed E-state index contributed by atoms with van der Waals surface area (Å²) in [6.07, 6.45) is 7.19. The fraction of sp³-hybridized carbons (Fsp3) is 0.438. The van der Waals surface area contributed by atoms with Crippen molar-refractivity contribution in [3.8, 4) is 0 Å². The maximum Gasteiger partial charge on any atom is 0.243 e.